The maximum atomic E-state index is 4.78. The van der Waals surface area contributed by atoms with E-state index in [1.807, 2.05) is 6.92 Å². The van der Waals surface area contributed by atoms with E-state index in [0.717, 1.165) is 29.5 Å². The SMILES string of the molecule is Cc1nc(Cc2ccc3c(c2)C=CC=CC3)nc(-c2ccc3ccccc3c2)n1. The van der Waals surface area contributed by atoms with Crippen LogP contribution in [0.3, 0.4) is 0 Å². The minimum atomic E-state index is 0.693. The van der Waals surface area contributed by atoms with Crippen LogP contribution in [0, 0.1) is 6.92 Å². The molecule has 140 valence electrons. The van der Waals surface area contributed by atoms with Crippen LogP contribution in [0.1, 0.15) is 28.3 Å². The molecule has 0 aliphatic heterocycles. The van der Waals surface area contributed by atoms with Crippen molar-refractivity contribution in [2.75, 3.05) is 0 Å². The Morgan fingerprint density at radius 1 is 0.828 bits per heavy atom. The van der Waals surface area contributed by atoms with Crippen molar-refractivity contribution >= 4 is 16.8 Å². The Balaban J connectivity index is 1.49. The molecule has 1 aliphatic rings. The molecule has 0 unspecified atom stereocenters. The van der Waals surface area contributed by atoms with E-state index < -0.39 is 0 Å². The Bertz CT molecular complexity index is 1270. The molecule has 0 atom stereocenters. The first-order valence-corrected chi connectivity index (χ1v) is 9.90. The predicted molar refractivity (Wildman–Crippen MR) is 119 cm³/mol. The minimum Gasteiger partial charge on any atom is -0.218 e. The van der Waals surface area contributed by atoms with Crippen LogP contribution in [0.2, 0.25) is 0 Å². The van der Waals surface area contributed by atoms with Crippen LogP contribution in [-0.2, 0) is 12.8 Å². The quantitative estimate of drug-likeness (QED) is 0.460. The van der Waals surface area contributed by atoms with E-state index >= 15 is 0 Å². The van der Waals surface area contributed by atoms with Crippen molar-refractivity contribution in [2.24, 2.45) is 0 Å². The zero-order valence-electron chi connectivity index (χ0n) is 16.3. The lowest BCUT2D eigenvalue weighted by Gasteiger charge is -2.09. The third kappa shape index (κ3) is 3.72. The van der Waals surface area contributed by atoms with Crippen molar-refractivity contribution < 1.29 is 0 Å². The van der Waals surface area contributed by atoms with Crippen molar-refractivity contribution in [3.63, 3.8) is 0 Å². The molecule has 0 amide bonds. The minimum absolute atomic E-state index is 0.693. The first-order chi connectivity index (χ1) is 14.2. The lowest BCUT2D eigenvalue weighted by atomic mass is 10.0. The van der Waals surface area contributed by atoms with Crippen LogP contribution >= 0.6 is 0 Å². The number of fused-ring (bicyclic) bond motifs is 2. The molecule has 5 rings (SSSR count). The monoisotopic (exact) mass is 375 g/mol. The Morgan fingerprint density at radius 3 is 2.66 bits per heavy atom. The van der Waals surface area contributed by atoms with E-state index in [1.54, 1.807) is 0 Å². The number of aromatic nitrogens is 3. The molecular weight excluding hydrogens is 354 g/mol. The summed E-state index contributed by atoms with van der Waals surface area (Å²) < 4.78 is 0. The molecule has 0 fully saturated rings. The summed E-state index contributed by atoms with van der Waals surface area (Å²) in [5, 5.41) is 2.41. The van der Waals surface area contributed by atoms with Crippen LogP contribution < -0.4 is 0 Å². The second-order valence-electron chi connectivity index (χ2n) is 7.39. The van der Waals surface area contributed by atoms with E-state index in [1.165, 1.54) is 27.5 Å². The third-order valence-electron chi connectivity index (χ3n) is 5.23. The van der Waals surface area contributed by atoms with Gasteiger partial charge in [-0.15, -0.1) is 0 Å². The Morgan fingerprint density at radius 2 is 1.72 bits per heavy atom. The number of nitrogens with zero attached hydrogens (tertiary/aromatic N) is 3. The predicted octanol–water partition coefficient (Wildman–Crippen LogP) is 5.72. The van der Waals surface area contributed by atoms with Crippen LogP contribution in [0.5, 0.6) is 0 Å². The first kappa shape index (κ1) is 17.5. The second kappa shape index (κ2) is 7.44. The van der Waals surface area contributed by atoms with Gasteiger partial charge in [0.05, 0.1) is 0 Å². The van der Waals surface area contributed by atoms with E-state index in [-0.39, 0.29) is 0 Å². The molecule has 3 heteroatoms. The van der Waals surface area contributed by atoms with Gasteiger partial charge in [0, 0.05) is 12.0 Å². The van der Waals surface area contributed by atoms with Gasteiger partial charge in [-0.3, -0.25) is 0 Å². The lowest BCUT2D eigenvalue weighted by molar-refractivity contribution is 0.886. The maximum absolute atomic E-state index is 4.78. The van der Waals surface area contributed by atoms with Crippen LogP contribution in [0.25, 0.3) is 28.2 Å². The molecule has 29 heavy (non-hydrogen) atoms. The van der Waals surface area contributed by atoms with Crippen molar-refractivity contribution in [3.05, 3.63) is 107 Å². The van der Waals surface area contributed by atoms with E-state index in [4.69, 9.17) is 4.98 Å². The zero-order chi connectivity index (χ0) is 19.6. The zero-order valence-corrected chi connectivity index (χ0v) is 16.3. The largest absolute Gasteiger partial charge is 0.218 e. The topological polar surface area (TPSA) is 38.7 Å². The summed E-state index contributed by atoms with van der Waals surface area (Å²) in [4.78, 5) is 14.0. The van der Waals surface area contributed by atoms with Gasteiger partial charge in [0.15, 0.2) is 5.82 Å². The summed E-state index contributed by atoms with van der Waals surface area (Å²) in [5.74, 6) is 2.28. The number of hydrogen-bond acceptors (Lipinski definition) is 3. The molecule has 3 aromatic carbocycles. The molecule has 0 saturated heterocycles. The average Bonchev–Trinajstić information content (AvgIpc) is 2.98. The van der Waals surface area contributed by atoms with Gasteiger partial charge in [-0.1, -0.05) is 78.9 Å². The van der Waals surface area contributed by atoms with Crippen LogP contribution in [0.15, 0.2) is 78.9 Å². The number of hydrogen-bond donors (Lipinski definition) is 0. The molecule has 1 heterocycles. The molecule has 0 saturated carbocycles. The van der Waals surface area contributed by atoms with Gasteiger partial charge in [-0.05, 0) is 46.9 Å². The van der Waals surface area contributed by atoms with Gasteiger partial charge in [0.25, 0.3) is 0 Å². The summed E-state index contributed by atoms with van der Waals surface area (Å²) in [5.41, 5.74) is 4.85. The van der Waals surface area contributed by atoms with Gasteiger partial charge < -0.3 is 0 Å². The van der Waals surface area contributed by atoms with Crippen molar-refractivity contribution in [2.45, 2.75) is 19.8 Å². The smallest absolute Gasteiger partial charge is 0.163 e. The van der Waals surface area contributed by atoms with Gasteiger partial charge in [0.1, 0.15) is 11.6 Å². The average molecular weight is 375 g/mol. The van der Waals surface area contributed by atoms with Gasteiger partial charge >= 0.3 is 0 Å². The Kier molecular flexibility index (Phi) is 4.49. The fraction of sp³-hybridized carbons (Fsp3) is 0.115. The van der Waals surface area contributed by atoms with E-state index in [9.17, 15) is 0 Å². The summed E-state index contributed by atoms with van der Waals surface area (Å²) in [6.07, 6.45) is 10.2. The Hall–Kier alpha value is -3.59. The fourth-order valence-corrected chi connectivity index (χ4v) is 3.78. The number of aryl methyl sites for hydroxylation is 1. The number of allylic oxidation sites excluding steroid dienone is 3. The third-order valence-corrected chi connectivity index (χ3v) is 5.23. The Labute approximate surface area is 170 Å². The van der Waals surface area contributed by atoms with Gasteiger partial charge in [0.2, 0.25) is 0 Å². The highest BCUT2D eigenvalue weighted by Gasteiger charge is 2.10. The van der Waals surface area contributed by atoms with Crippen molar-refractivity contribution in [1.82, 2.24) is 15.0 Å². The molecular formula is C26H21N3. The molecule has 1 aliphatic carbocycles. The number of rotatable bonds is 3. The first-order valence-electron chi connectivity index (χ1n) is 9.90. The van der Waals surface area contributed by atoms with E-state index in [0.29, 0.717) is 6.42 Å². The molecule has 1 aromatic heterocycles. The molecule has 3 nitrogen and oxygen atoms in total. The van der Waals surface area contributed by atoms with Gasteiger partial charge in [-0.25, -0.2) is 15.0 Å². The summed E-state index contributed by atoms with van der Waals surface area (Å²) >= 11 is 0. The van der Waals surface area contributed by atoms with Crippen LogP contribution in [0.4, 0.5) is 0 Å². The normalized spacial score (nSPS) is 12.7. The number of benzene rings is 3. The maximum Gasteiger partial charge on any atom is 0.163 e. The van der Waals surface area contributed by atoms with Crippen molar-refractivity contribution in [3.8, 4) is 11.4 Å². The highest BCUT2D eigenvalue weighted by Crippen LogP contribution is 2.23. The highest BCUT2D eigenvalue weighted by atomic mass is 15.0. The molecule has 0 spiro atoms. The molecule has 0 bridgehead atoms. The highest BCUT2D eigenvalue weighted by molar-refractivity contribution is 5.86. The second-order valence-corrected chi connectivity index (χ2v) is 7.39. The molecule has 0 radical (unpaired) electrons. The van der Waals surface area contributed by atoms with Gasteiger partial charge in [-0.2, -0.15) is 0 Å². The van der Waals surface area contributed by atoms with Crippen LogP contribution in [-0.4, -0.2) is 15.0 Å². The van der Waals surface area contributed by atoms with E-state index in [2.05, 4.69) is 94.9 Å². The standard InChI is InChI=1S/C26H21N3/c1-18-27-25(16-19-11-12-20-7-3-2-4-9-22(20)15-19)29-26(28-18)24-14-13-21-8-5-6-10-23(21)17-24/h2-6,8-15,17H,7,16H2,1H3. The summed E-state index contributed by atoms with van der Waals surface area (Å²) in [7, 11) is 0. The van der Waals surface area contributed by atoms with Crippen molar-refractivity contribution in [1.29, 1.82) is 0 Å². The molecule has 0 N–H and O–H groups in total. The molecule has 4 aromatic rings. The summed E-state index contributed by atoms with van der Waals surface area (Å²) in [6, 6.07) is 21.3. The summed E-state index contributed by atoms with van der Waals surface area (Å²) in [6.45, 7) is 1.93. The lowest BCUT2D eigenvalue weighted by Crippen LogP contribution is -2.04. The fourth-order valence-electron chi connectivity index (χ4n) is 3.78.